The van der Waals surface area contributed by atoms with E-state index in [1.54, 1.807) is 29.9 Å². The van der Waals surface area contributed by atoms with Crippen molar-refractivity contribution in [3.05, 3.63) is 60.3 Å². The number of carbonyl (C=O) groups is 1. The van der Waals surface area contributed by atoms with Crippen molar-refractivity contribution in [1.29, 1.82) is 0 Å². The van der Waals surface area contributed by atoms with E-state index in [1.165, 1.54) is 12.1 Å². The zero-order valence-corrected chi connectivity index (χ0v) is 19.0. The van der Waals surface area contributed by atoms with Gasteiger partial charge in [0.2, 0.25) is 10.0 Å². The fourth-order valence-electron chi connectivity index (χ4n) is 4.01. The topological polar surface area (TPSA) is 123 Å². The molecule has 1 aliphatic rings. The zero-order chi connectivity index (χ0) is 23.4. The van der Waals surface area contributed by atoms with Gasteiger partial charge in [-0.15, -0.1) is 5.10 Å². The molecular weight excluding hydrogens is 444 g/mol. The Labute approximate surface area is 192 Å². The number of aryl methyl sites for hydroxylation is 1. The summed E-state index contributed by atoms with van der Waals surface area (Å²) in [5, 5.41) is 17.5. The summed E-state index contributed by atoms with van der Waals surface area (Å²) in [6, 6.07) is 15.5. The van der Waals surface area contributed by atoms with Crippen LogP contribution in [-0.4, -0.2) is 40.6 Å². The first-order valence-corrected chi connectivity index (χ1v) is 12.2. The van der Waals surface area contributed by atoms with Crippen molar-refractivity contribution in [3.8, 4) is 17.0 Å². The molecule has 1 heterocycles. The van der Waals surface area contributed by atoms with Gasteiger partial charge in [-0.3, -0.25) is 9.48 Å². The maximum absolute atomic E-state index is 12.6. The summed E-state index contributed by atoms with van der Waals surface area (Å²) < 4.78 is 35.3. The summed E-state index contributed by atoms with van der Waals surface area (Å²) >= 11 is 0. The first-order chi connectivity index (χ1) is 15.8. The third-order valence-corrected chi connectivity index (χ3v) is 7.25. The number of benzene rings is 2. The number of hydrogen-bond donors (Lipinski definition) is 2. The standard InChI is InChI=1S/C23H26N4O5S/c1-27-21(15-24-33(30,31)20-8-3-2-4-9-20)22(25-26-27)16-10-12-18(13-11-16)32-19-7-5-6-17(14-19)23(28)29/h2-4,8-13,17,19,24H,5-7,14-15H2,1H3,(H,28,29)/t17-,19-/m0/s1. The lowest BCUT2D eigenvalue weighted by molar-refractivity contribution is -0.143. The number of nitrogens with one attached hydrogen (secondary N) is 1. The molecule has 10 heteroatoms. The number of sulfonamides is 1. The highest BCUT2D eigenvalue weighted by atomic mass is 32.2. The smallest absolute Gasteiger partial charge is 0.306 e. The summed E-state index contributed by atoms with van der Waals surface area (Å²) in [5.74, 6) is -0.466. The number of aromatic nitrogens is 3. The molecule has 0 saturated heterocycles. The van der Waals surface area contributed by atoms with Gasteiger partial charge < -0.3 is 9.84 Å². The molecule has 2 aromatic carbocycles. The first kappa shape index (κ1) is 22.9. The molecule has 2 N–H and O–H groups in total. The quantitative estimate of drug-likeness (QED) is 0.519. The molecule has 0 radical (unpaired) electrons. The van der Waals surface area contributed by atoms with Gasteiger partial charge in [0.1, 0.15) is 11.4 Å². The molecule has 0 spiro atoms. The van der Waals surface area contributed by atoms with Crippen LogP contribution in [0.4, 0.5) is 0 Å². The van der Waals surface area contributed by atoms with Crippen LogP contribution in [-0.2, 0) is 28.4 Å². The SMILES string of the molecule is Cn1nnc(-c2ccc(O[C@H]3CCC[C@H](C(=O)O)C3)cc2)c1CNS(=O)(=O)c1ccccc1. The van der Waals surface area contributed by atoms with Gasteiger partial charge in [-0.1, -0.05) is 23.4 Å². The number of ether oxygens (including phenoxy) is 1. The Morgan fingerprint density at radius 1 is 1.15 bits per heavy atom. The molecule has 0 aliphatic heterocycles. The number of hydrogen-bond acceptors (Lipinski definition) is 6. The molecular formula is C23H26N4O5S. The molecule has 1 fully saturated rings. The largest absolute Gasteiger partial charge is 0.490 e. The third-order valence-electron chi connectivity index (χ3n) is 5.83. The average molecular weight is 471 g/mol. The predicted octanol–water partition coefficient (Wildman–Crippen LogP) is 2.98. The highest BCUT2D eigenvalue weighted by Gasteiger charge is 2.28. The van der Waals surface area contributed by atoms with E-state index in [0.717, 1.165) is 18.4 Å². The second-order valence-electron chi connectivity index (χ2n) is 8.11. The van der Waals surface area contributed by atoms with E-state index in [9.17, 15) is 18.3 Å². The van der Waals surface area contributed by atoms with Crippen molar-refractivity contribution < 1.29 is 23.1 Å². The molecule has 1 aromatic heterocycles. The van der Waals surface area contributed by atoms with Crippen LogP contribution in [0.5, 0.6) is 5.75 Å². The normalized spacial score (nSPS) is 18.7. The lowest BCUT2D eigenvalue weighted by atomic mass is 9.87. The van der Waals surface area contributed by atoms with Crippen LogP contribution in [0.2, 0.25) is 0 Å². The van der Waals surface area contributed by atoms with Crippen molar-refractivity contribution in [3.63, 3.8) is 0 Å². The Balaban J connectivity index is 1.45. The van der Waals surface area contributed by atoms with Crippen LogP contribution in [0, 0.1) is 5.92 Å². The second-order valence-corrected chi connectivity index (χ2v) is 9.88. The van der Waals surface area contributed by atoms with Crippen molar-refractivity contribution in [2.75, 3.05) is 0 Å². The predicted molar refractivity (Wildman–Crippen MR) is 121 cm³/mol. The van der Waals surface area contributed by atoms with Gasteiger partial charge in [-0.25, -0.2) is 13.1 Å². The van der Waals surface area contributed by atoms with Crippen LogP contribution >= 0.6 is 0 Å². The van der Waals surface area contributed by atoms with E-state index >= 15 is 0 Å². The van der Waals surface area contributed by atoms with Gasteiger partial charge in [0, 0.05) is 12.6 Å². The lowest BCUT2D eigenvalue weighted by Gasteiger charge is -2.27. The van der Waals surface area contributed by atoms with Gasteiger partial charge in [-0.05, 0) is 62.1 Å². The molecule has 0 bridgehead atoms. The van der Waals surface area contributed by atoms with Crippen molar-refractivity contribution in [1.82, 2.24) is 19.7 Å². The average Bonchev–Trinajstić information content (AvgIpc) is 3.19. The molecule has 33 heavy (non-hydrogen) atoms. The fourth-order valence-corrected chi connectivity index (χ4v) is 5.01. The van der Waals surface area contributed by atoms with Crippen LogP contribution in [0.15, 0.2) is 59.5 Å². The highest BCUT2D eigenvalue weighted by molar-refractivity contribution is 7.89. The number of aliphatic carboxylic acids is 1. The Morgan fingerprint density at radius 3 is 2.58 bits per heavy atom. The van der Waals surface area contributed by atoms with Gasteiger partial charge >= 0.3 is 5.97 Å². The molecule has 1 aliphatic carbocycles. The zero-order valence-electron chi connectivity index (χ0n) is 18.2. The maximum atomic E-state index is 12.6. The van der Waals surface area contributed by atoms with Gasteiger partial charge in [0.05, 0.1) is 29.2 Å². The maximum Gasteiger partial charge on any atom is 0.306 e. The minimum absolute atomic E-state index is 0.0347. The summed E-state index contributed by atoms with van der Waals surface area (Å²) in [5.41, 5.74) is 1.97. The Bertz CT molecular complexity index is 1210. The van der Waals surface area contributed by atoms with Crippen LogP contribution in [0.25, 0.3) is 11.3 Å². The molecule has 4 rings (SSSR count). The van der Waals surface area contributed by atoms with Crippen molar-refractivity contribution in [2.45, 2.75) is 43.2 Å². The minimum atomic E-state index is -3.67. The van der Waals surface area contributed by atoms with E-state index in [1.807, 2.05) is 24.3 Å². The van der Waals surface area contributed by atoms with E-state index in [2.05, 4.69) is 15.0 Å². The fraction of sp³-hybridized carbons (Fsp3) is 0.348. The number of carboxylic acids is 1. The summed E-state index contributed by atoms with van der Waals surface area (Å²) in [7, 11) is -1.96. The van der Waals surface area contributed by atoms with Crippen molar-refractivity contribution in [2.24, 2.45) is 13.0 Å². The Kier molecular flexibility index (Phi) is 6.75. The summed E-state index contributed by atoms with van der Waals surface area (Å²) in [4.78, 5) is 11.5. The molecule has 9 nitrogen and oxygen atoms in total. The lowest BCUT2D eigenvalue weighted by Crippen LogP contribution is -2.29. The van der Waals surface area contributed by atoms with E-state index in [0.29, 0.717) is 30.0 Å². The molecule has 1 saturated carbocycles. The van der Waals surface area contributed by atoms with E-state index < -0.39 is 16.0 Å². The van der Waals surface area contributed by atoms with Gasteiger partial charge in [0.25, 0.3) is 0 Å². The van der Waals surface area contributed by atoms with Crippen molar-refractivity contribution >= 4 is 16.0 Å². The molecule has 2 atom stereocenters. The summed E-state index contributed by atoms with van der Waals surface area (Å²) in [6.45, 7) is 0.0347. The van der Waals surface area contributed by atoms with Crippen LogP contribution < -0.4 is 9.46 Å². The molecule has 3 aromatic rings. The van der Waals surface area contributed by atoms with E-state index in [-0.39, 0.29) is 23.5 Å². The Morgan fingerprint density at radius 2 is 1.88 bits per heavy atom. The number of nitrogens with zero attached hydrogens (tertiary/aromatic N) is 3. The Hall–Kier alpha value is -3.24. The highest BCUT2D eigenvalue weighted by Crippen LogP contribution is 2.29. The summed E-state index contributed by atoms with van der Waals surface area (Å²) in [6.07, 6.45) is 2.75. The third kappa shape index (κ3) is 5.40. The number of carboxylic acid groups (broad SMARTS) is 1. The van der Waals surface area contributed by atoms with Gasteiger partial charge in [0.15, 0.2) is 0 Å². The van der Waals surface area contributed by atoms with Gasteiger partial charge in [-0.2, -0.15) is 0 Å². The number of rotatable bonds is 8. The molecule has 174 valence electrons. The minimum Gasteiger partial charge on any atom is -0.490 e. The molecule has 0 amide bonds. The first-order valence-electron chi connectivity index (χ1n) is 10.8. The monoisotopic (exact) mass is 470 g/mol. The van der Waals surface area contributed by atoms with Crippen LogP contribution in [0.3, 0.4) is 0 Å². The van der Waals surface area contributed by atoms with E-state index in [4.69, 9.17) is 4.74 Å². The second kappa shape index (κ2) is 9.72. The molecule has 0 unspecified atom stereocenters. The van der Waals surface area contributed by atoms with Crippen LogP contribution in [0.1, 0.15) is 31.4 Å².